The molecule has 0 spiro atoms. The molecule has 2 aromatic heterocycles. The first-order chi connectivity index (χ1) is 12.5. The fourth-order valence-electron chi connectivity index (χ4n) is 2.64. The van der Waals surface area contributed by atoms with Crippen molar-refractivity contribution >= 4 is 53.5 Å². The largest absolute Gasteiger partial charge is 0.431 e. The van der Waals surface area contributed by atoms with Gasteiger partial charge in [-0.05, 0) is 29.7 Å². The van der Waals surface area contributed by atoms with Gasteiger partial charge in [0.2, 0.25) is 0 Å². The van der Waals surface area contributed by atoms with Gasteiger partial charge in [-0.2, -0.15) is 17.5 Å². The van der Waals surface area contributed by atoms with Gasteiger partial charge >= 0.3 is 11.9 Å². The van der Waals surface area contributed by atoms with Crippen LogP contribution in [0, 0.1) is 0 Å². The van der Waals surface area contributed by atoms with Gasteiger partial charge in [-0.3, -0.25) is 9.36 Å². The Morgan fingerprint density at radius 3 is 2.44 bits per heavy atom. The molecule has 0 aliphatic rings. The van der Waals surface area contributed by atoms with E-state index in [0.717, 1.165) is 27.4 Å². The predicted octanol–water partition coefficient (Wildman–Crippen LogP) is 4.38. The molecule has 0 fully saturated rings. The maximum Gasteiger partial charge on any atom is 0.431 e. The Hall–Kier alpha value is -1.46. The number of rotatable bonds is 3. The van der Waals surface area contributed by atoms with E-state index in [1.165, 1.54) is 17.6 Å². The Morgan fingerprint density at radius 2 is 1.85 bits per heavy atom. The minimum atomic E-state index is -4.80. The molecule has 3 rings (SSSR count). The number of hydrogen-bond donors (Lipinski definition) is 0. The van der Waals surface area contributed by atoms with Crippen molar-refractivity contribution in [1.82, 2.24) is 13.5 Å². The first kappa shape index (κ1) is 20.3. The number of nitrogens with zero attached hydrogens (tertiary/aromatic N) is 3. The van der Waals surface area contributed by atoms with E-state index < -0.39 is 23.1 Å². The summed E-state index contributed by atoms with van der Waals surface area (Å²) in [5.41, 5.74) is -2.49. The molecule has 144 valence electrons. The Labute approximate surface area is 171 Å². The van der Waals surface area contributed by atoms with E-state index >= 15 is 0 Å². The first-order valence-corrected chi connectivity index (χ1v) is 10.2. The third-order valence-electron chi connectivity index (χ3n) is 4.01. The summed E-state index contributed by atoms with van der Waals surface area (Å²) in [4.78, 5) is 24.7. The normalized spacial score (nSPS) is 14.5. The van der Waals surface area contributed by atoms with Gasteiger partial charge in [0.15, 0.2) is 0 Å². The lowest BCUT2D eigenvalue weighted by molar-refractivity contribution is -0.144. The summed E-state index contributed by atoms with van der Waals surface area (Å²) in [5, 5.41) is 0.722. The van der Waals surface area contributed by atoms with E-state index in [1.54, 1.807) is 12.1 Å². The second kappa shape index (κ2) is 7.17. The van der Waals surface area contributed by atoms with Crippen molar-refractivity contribution in [2.75, 3.05) is 0 Å². The Balaban J connectivity index is 2.25. The number of halogens is 5. The molecule has 1 aromatic carbocycles. The zero-order valence-corrected chi connectivity index (χ0v) is 17.9. The third-order valence-corrected chi connectivity index (χ3v) is 7.32. The van der Waals surface area contributed by atoms with Gasteiger partial charge in [0, 0.05) is 23.3 Å². The van der Waals surface area contributed by atoms with Crippen molar-refractivity contribution in [3.63, 3.8) is 0 Å². The van der Waals surface area contributed by atoms with E-state index in [9.17, 15) is 22.8 Å². The maximum atomic E-state index is 13.0. The monoisotopic (exact) mass is 525 g/mol. The van der Waals surface area contributed by atoms with E-state index in [0.29, 0.717) is 10.6 Å². The second-order valence-electron chi connectivity index (χ2n) is 5.87. The molecule has 0 bridgehead atoms. The van der Waals surface area contributed by atoms with Crippen molar-refractivity contribution in [2.24, 2.45) is 7.05 Å². The van der Waals surface area contributed by atoms with Crippen LogP contribution in [0.5, 0.6) is 0 Å². The van der Waals surface area contributed by atoms with Gasteiger partial charge in [0.05, 0.1) is 20.9 Å². The summed E-state index contributed by atoms with van der Waals surface area (Å²) in [6, 6.07) is 5.22. The molecule has 0 aliphatic carbocycles. The Kier molecular flexibility index (Phi) is 5.39. The van der Waals surface area contributed by atoms with Crippen LogP contribution >= 0.6 is 43.4 Å². The third kappa shape index (κ3) is 3.64. The molecule has 3 aromatic rings. The van der Waals surface area contributed by atoms with Crippen LogP contribution in [0.25, 0.3) is 15.8 Å². The number of alkyl halides is 5. The van der Waals surface area contributed by atoms with Crippen molar-refractivity contribution in [1.29, 1.82) is 0 Å². The Bertz CT molecular complexity index is 1130. The molecule has 11 heteroatoms. The molecule has 0 amide bonds. The SMILES string of the molecule is CC(Br)C(Br)c1nsc2ccc(-n3c(=O)cc(C(F)(F)F)n(C)c3=O)cc12. The summed E-state index contributed by atoms with van der Waals surface area (Å²) < 4.78 is 45.4. The van der Waals surface area contributed by atoms with Crippen LogP contribution in [-0.2, 0) is 13.2 Å². The van der Waals surface area contributed by atoms with Gasteiger partial charge in [0.25, 0.3) is 5.56 Å². The van der Waals surface area contributed by atoms with Gasteiger partial charge in [-0.25, -0.2) is 9.36 Å². The molecular formula is C16H12Br2F3N3O2S. The average Bonchev–Trinajstić information content (AvgIpc) is 2.99. The van der Waals surface area contributed by atoms with Crippen molar-refractivity contribution in [3.8, 4) is 5.69 Å². The van der Waals surface area contributed by atoms with E-state index in [2.05, 4.69) is 36.2 Å². The highest BCUT2D eigenvalue weighted by Gasteiger charge is 2.35. The van der Waals surface area contributed by atoms with Gasteiger partial charge < -0.3 is 0 Å². The predicted molar refractivity (Wildman–Crippen MR) is 106 cm³/mol. The fourth-order valence-corrected chi connectivity index (χ4v) is 4.17. The van der Waals surface area contributed by atoms with Crippen LogP contribution in [0.2, 0.25) is 0 Å². The lowest BCUT2D eigenvalue weighted by Crippen LogP contribution is -2.40. The molecular weight excluding hydrogens is 515 g/mol. The summed E-state index contributed by atoms with van der Waals surface area (Å²) >= 11 is 8.27. The van der Waals surface area contributed by atoms with Gasteiger partial charge in [-0.15, -0.1) is 0 Å². The second-order valence-corrected chi connectivity index (χ2v) is 9.11. The topological polar surface area (TPSA) is 56.9 Å². The first-order valence-electron chi connectivity index (χ1n) is 7.60. The van der Waals surface area contributed by atoms with Crippen molar-refractivity contribution < 1.29 is 13.2 Å². The minimum absolute atomic E-state index is 0.0631. The molecule has 5 nitrogen and oxygen atoms in total. The summed E-state index contributed by atoms with van der Waals surface area (Å²) in [6.07, 6.45) is -4.80. The highest BCUT2D eigenvalue weighted by Crippen LogP contribution is 2.37. The highest BCUT2D eigenvalue weighted by molar-refractivity contribution is 9.12. The molecule has 0 N–H and O–H groups in total. The zero-order chi connectivity index (χ0) is 20.1. The van der Waals surface area contributed by atoms with Crippen LogP contribution < -0.4 is 11.2 Å². The molecule has 0 saturated carbocycles. The lowest BCUT2D eigenvalue weighted by atomic mass is 10.1. The zero-order valence-electron chi connectivity index (χ0n) is 13.9. The van der Waals surface area contributed by atoms with Crippen LogP contribution in [0.1, 0.15) is 23.1 Å². The smallest absolute Gasteiger partial charge is 0.292 e. The molecule has 0 saturated heterocycles. The van der Waals surface area contributed by atoms with Crippen molar-refractivity contribution in [3.05, 3.63) is 56.5 Å². The number of aromatic nitrogens is 3. The van der Waals surface area contributed by atoms with Gasteiger partial charge in [0.1, 0.15) is 5.69 Å². The minimum Gasteiger partial charge on any atom is -0.292 e. The number of benzene rings is 1. The molecule has 2 unspecified atom stereocenters. The van der Waals surface area contributed by atoms with E-state index in [-0.39, 0.29) is 15.3 Å². The number of fused-ring (bicyclic) bond motifs is 1. The molecule has 0 aliphatic heterocycles. The highest BCUT2D eigenvalue weighted by atomic mass is 79.9. The maximum absolute atomic E-state index is 13.0. The Morgan fingerprint density at radius 1 is 1.19 bits per heavy atom. The molecule has 0 radical (unpaired) electrons. The quantitative estimate of drug-likeness (QED) is 0.476. The lowest BCUT2D eigenvalue weighted by Gasteiger charge is -2.14. The molecule has 2 heterocycles. The van der Waals surface area contributed by atoms with Crippen LogP contribution in [0.4, 0.5) is 13.2 Å². The van der Waals surface area contributed by atoms with Crippen molar-refractivity contribution in [2.45, 2.75) is 22.8 Å². The van der Waals surface area contributed by atoms with Crippen LogP contribution in [0.15, 0.2) is 33.9 Å². The van der Waals surface area contributed by atoms with Crippen LogP contribution in [-0.4, -0.2) is 18.3 Å². The van der Waals surface area contributed by atoms with E-state index in [4.69, 9.17) is 0 Å². The summed E-state index contributed by atoms with van der Waals surface area (Å²) in [7, 11) is 0.984. The number of hydrogen-bond acceptors (Lipinski definition) is 4. The molecule has 2 atom stereocenters. The van der Waals surface area contributed by atoms with E-state index in [1.807, 2.05) is 6.92 Å². The summed E-state index contributed by atoms with van der Waals surface area (Å²) in [5.74, 6) is 0. The average molecular weight is 527 g/mol. The summed E-state index contributed by atoms with van der Waals surface area (Å²) in [6.45, 7) is 1.94. The van der Waals surface area contributed by atoms with Crippen LogP contribution in [0.3, 0.4) is 0 Å². The fraction of sp³-hybridized carbons (Fsp3) is 0.312. The molecule has 27 heavy (non-hydrogen) atoms. The standard InChI is InChI=1S/C16H12Br2F3N3O2S/c1-7(17)13(18)14-9-5-8(3-4-10(9)27-22-14)24-12(25)6-11(16(19,20)21)23(2)15(24)26/h3-7,13H,1-2H3. The van der Waals surface area contributed by atoms with Gasteiger partial charge in [-0.1, -0.05) is 38.8 Å².